The molecule has 0 aliphatic carbocycles. The molecule has 0 fully saturated rings. The molecule has 2 heterocycles. The van der Waals surface area contributed by atoms with E-state index < -0.39 is 11.6 Å². The van der Waals surface area contributed by atoms with Crippen molar-refractivity contribution in [2.24, 2.45) is 0 Å². The Hall–Kier alpha value is -2.89. The van der Waals surface area contributed by atoms with Crippen LogP contribution in [0.15, 0.2) is 42.9 Å². The molecular weight excluding hydrogens is 276 g/mol. The van der Waals surface area contributed by atoms with Gasteiger partial charge in [-0.05, 0) is 23.8 Å². The summed E-state index contributed by atoms with van der Waals surface area (Å²) in [6.07, 6.45) is 5.14. The molecule has 3 rings (SSSR count). The molecule has 0 saturated heterocycles. The lowest BCUT2D eigenvalue weighted by Gasteiger charge is -2.08. The third kappa shape index (κ3) is 2.43. The van der Waals surface area contributed by atoms with Crippen LogP contribution in [0, 0.1) is 11.6 Å². The molecule has 0 saturated carbocycles. The molecular formula is C15H9F2N3O. The normalized spacial score (nSPS) is 10.6. The highest BCUT2D eigenvalue weighted by atomic mass is 19.2. The lowest BCUT2D eigenvalue weighted by Crippen LogP contribution is -1.95. The van der Waals surface area contributed by atoms with Crippen LogP contribution in [0.25, 0.3) is 22.0 Å². The molecule has 21 heavy (non-hydrogen) atoms. The van der Waals surface area contributed by atoms with Gasteiger partial charge in [-0.25, -0.2) is 8.78 Å². The zero-order chi connectivity index (χ0) is 14.8. The fourth-order valence-electron chi connectivity index (χ4n) is 2.09. The fraction of sp³-hybridized carbons (Fsp3) is 0. The Morgan fingerprint density at radius 3 is 2.67 bits per heavy atom. The molecule has 0 aliphatic rings. The molecule has 1 N–H and O–H groups in total. The average Bonchev–Trinajstić information content (AvgIpc) is 2.50. The largest absolute Gasteiger partial charge is 0.327 e. The Balaban J connectivity index is 2.23. The number of nitrogens with zero attached hydrogens (tertiary/aromatic N) is 2. The number of rotatable bonds is 3. The Bertz CT molecular complexity index is 836. The summed E-state index contributed by atoms with van der Waals surface area (Å²) in [4.78, 5) is 18.7. The quantitative estimate of drug-likeness (QED) is 0.752. The second-order valence-electron chi connectivity index (χ2n) is 4.37. The van der Waals surface area contributed by atoms with Crippen LogP contribution < -0.4 is 5.32 Å². The van der Waals surface area contributed by atoms with Crippen molar-refractivity contribution in [3.63, 3.8) is 0 Å². The number of aromatic nitrogens is 2. The number of amides is 1. The van der Waals surface area contributed by atoms with E-state index >= 15 is 0 Å². The Morgan fingerprint density at radius 2 is 1.90 bits per heavy atom. The zero-order valence-corrected chi connectivity index (χ0v) is 10.7. The highest BCUT2D eigenvalue weighted by Crippen LogP contribution is 2.29. The number of carbonyl (C=O) groups is 1. The second-order valence-corrected chi connectivity index (χ2v) is 4.37. The number of pyridine rings is 2. The highest BCUT2D eigenvalue weighted by molar-refractivity contribution is 5.96. The topological polar surface area (TPSA) is 54.9 Å². The predicted molar refractivity (Wildman–Crippen MR) is 74.6 cm³/mol. The smallest absolute Gasteiger partial charge is 0.211 e. The van der Waals surface area contributed by atoms with Gasteiger partial charge in [-0.15, -0.1) is 0 Å². The van der Waals surface area contributed by atoms with Gasteiger partial charge < -0.3 is 5.32 Å². The molecule has 0 bridgehead atoms. The molecule has 1 aromatic carbocycles. The minimum atomic E-state index is -0.931. The molecule has 0 radical (unpaired) electrons. The average molecular weight is 285 g/mol. The van der Waals surface area contributed by atoms with Crippen molar-refractivity contribution in [1.29, 1.82) is 0 Å². The maximum Gasteiger partial charge on any atom is 0.211 e. The van der Waals surface area contributed by atoms with E-state index in [0.717, 1.165) is 12.1 Å². The third-order valence-corrected chi connectivity index (χ3v) is 3.07. The van der Waals surface area contributed by atoms with Crippen molar-refractivity contribution < 1.29 is 13.6 Å². The molecule has 2 aromatic heterocycles. The lowest BCUT2D eigenvalue weighted by molar-refractivity contribution is -0.105. The van der Waals surface area contributed by atoms with Gasteiger partial charge in [-0.1, -0.05) is 6.07 Å². The molecule has 1 amide bonds. The molecule has 104 valence electrons. The van der Waals surface area contributed by atoms with E-state index in [1.165, 1.54) is 12.3 Å². The van der Waals surface area contributed by atoms with Crippen LogP contribution in [0.2, 0.25) is 0 Å². The first-order valence-electron chi connectivity index (χ1n) is 6.08. The van der Waals surface area contributed by atoms with Gasteiger partial charge in [0.2, 0.25) is 6.41 Å². The van der Waals surface area contributed by atoms with Crippen molar-refractivity contribution in [1.82, 2.24) is 9.97 Å². The summed E-state index contributed by atoms with van der Waals surface area (Å²) in [7, 11) is 0. The van der Waals surface area contributed by atoms with Crippen LogP contribution in [0.3, 0.4) is 0 Å². The SMILES string of the molecule is O=CNc1cnc2cncc(-c3ccc(F)c(F)c3)c2c1. The van der Waals surface area contributed by atoms with Crippen LogP contribution >= 0.6 is 0 Å². The Labute approximate surface area is 118 Å². The molecule has 4 nitrogen and oxygen atoms in total. The number of benzene rings is 1. The molecule has 6 heteroatoms. The predicted octanol–water partition coefficient (Wildman–Crippen LogP) is 3.14. The second kappa shape index (κ2) is 5.24. The third-order valence-electron chi connectivity index (χ3n) is 3.07. The number of hydrogen-bond acceptors (Lipinski definition) is 3. The minimum Gasteiger partial charge on any atom is -0.327 e. The van der Waals surface area contributed by atoms with Crippen LogP contribution in [0.4, 0.5) is 14.5 Å². The van der Waals surface area contributed by atoms with Gasteiger partial charge >= 0.3 is 0 Å². The minimum absolute atomic E-state index is 0.483. The highest BCUT2D eigenvalue weighted by Gasteiger charge is 2.09. The number of carbonyl (C=O) groups excluding carboxylic acids is 1. The van der Waals surface area contributed by atoms with Gasteiger partial charge in [0.05, 0.1) is 23.6 Å². The summed E-state index contributed by atoms with van der Waals surface area (Å²) in [6, 6.07) is 5.33. The van der Waals surface area contributed by atoms with Crippen molar-refractivity contribution in [3.05, 3.63) is 54.5 Å². The van der Waals surface area contributed by atoms with Gasteiger partial charge in [0.15, 0.2) is 11.6 Å². The van der Waals surface area contributed by atoms with Crippen LogP contribution in [-0.4, -0.2) is 16.4 Å². The summed E-state index contributed by atoms with van der Waals surface area (Å²) in [5, 5.41) is 3.18. The standard InChI is InChI=1S/C15H9F2N3O/c16-13-2-1-9(3-14(13)17)12-6-18-7-15-11(12)4-10(5-19-15)20-8-21/h1-8H,(H,20,21). The maximum atomic E-state index is 13.4. The van der Waals surface area contributed by atoms with Crippen molar-refractivity contribution >= 4 is 23.0 Å². The lowest BCUT2D eigenvalue weighted by atomic mass is 10.0. The summed E-state index contributed by atoms with van der Waals surface area (Å²) in [6.45, 7) is 0. The first-order valence-corrected chi connectivity index (χ1v) is 6.08. The van der Waals surface area contributed by atoms with Gasteiger partial charge in [0.25, 0.3) is 0 Å². The Morgan fingerprint density at radius 1 is 1.05 bits per heavy atom. The molecule has 0 spiro atoms. The van der Waals surface area contributed by atoms with Gasteiger partial charge in [-0.2, -0.15) is 0 Å². The number of nitrogens with one attached hydrogen (secondary N) is 1. The van der Waals surface area contributed by atoms with Crippen LogP contribution in [0.1, 0.15) is 0 Å². The van der Waals surface area contributed by atoms with Crippen molar-refractivity contribution in [3.8, 4) is 11.1 Å². The van der Waals surface area contributed by atoms with Crippen molar-refractivity contribution in [2.45, 2.75) is 0 Å². The Kier molecular flexibility index (Phi) is 3.27. The number of fused-ring (bicyclic) bond motifs is 1. The first-order chi connectivity index (χ1) is 10.2. The summed E-state index contributed by atoms with van der Waals surface area (Å²) < 4.78 is 26.4. The van der Waals surface area contributed by atoms with Gasteiger partial charge in [0.1, 0.15) is 0 Å². The molecule has 3 aromatic rings. The van der Waals surface area contributed by atoms with Gasteiger partial charge in [0, 0.05) is 17.1 Å². The van der Waals surface area contributed by atoms with E-state index in [0.29, 0.717) is 34.1 Å². The van der Waals surface area contributed by atoms with E-state index in [4.69, 9.17) is 0 Å². The molecule has 0 atom stereocenters. The van der Waals surface area contributed by atoms with Gasteiger partial charge in [-0.3, -0.25) is 14.8 Å². The van der Waals surface area contributed by atoms with Crippen molar-refractivity contribution in [2.75, 3.05) is 5.32 Å². The fourth-order valence-corrected chi connectivity index (χ4v) is 2.09. The zero-order valence-electron chi connectivity index (χ0n) is 10.7. The van der Waals surface area contributed by atoms with E-state index in [1.807, 2.05) is 0 Å². The number of halogens is 2. The molecule has 0 unspecified atom stereocenters. The molecule has 0 aliphatic heterocycles. The monoisotopic (exact) mass is 285 g/mol. The van der Waals surface area contributed by atoms with Crippen LogP contribution in [-0.2, 0) is 4.79 Å². The van der Waals surface area contributed by atoms with E-state index in [1.54, 1.807) is 18.5 Å². The summed E-state index contributed by atoms with van der Waals surface area (Å²) >= 11 is 0. The number of anilines is 1. The first kappa shape index (κ1) is 13.1. The number of hydrogen-bond donors (Lipinski definition) is 1. The maximum absolute atomic E-state index is 13.4. The summed E-state index contributed by atoms with van der Waals surface area (Å²) in [5.41, 5.74) is 2.19. The summed E-state index contributed by atoms with van der Waals surface area (Å²) in [5.74, 6) is -1.84. The van der Waals surface area contributed by atoms with Crippen LogP contribution in [0.5, 0.6) is 0 Å². The van der Waals surface area contributed by atoms with E-state index in [9.17, 15) is 13.6 Å². The van der Waals surface area contributed by atoms with E-state index in [2.05, 4.69) is 15.3 Å². The van der Waals surface area contributed by atoms with E-state index in [-0.39, 0.29) is 0 Å².